The molecule has 0 fully saturated rings. The van der Waals surface area contributed by atoms with Crippen molar-refractivity contribution in [3.63, 3.8) is 0 Å². The first-order valence-electron chi connectivity index (χ1n) is 9.05. The minimum atomic E-state index is -0.301. The van der Waals surface area contributed by atoms with Crippen molar-refractivity contribution >= 4 is 27.5 Å². The maximum atomic E-state index is 12.7. The predicted octanol–water partition coefficient (Wildman–Crippen LogP) is 3.80. The van der Waals surface area contributed by atoms with E-state index in [-0.39, 0.29) is 5.91 Å². The van der Waals surface area contributed by atoms with Crippen LogP contribution in [0.5, 0.6) is 17.2 Å². The molecule has 144 valence electrons. The van der Waals surface area contributed by atoms with Crippen LogP contribution in [0.2, 0.25) is 0 Å². The predicted molar refractivity (Wildman–Crippen MR) is 109 cm³/mol. The minimum absolute atomic E-state index is 0.301. The third-order valence-corrected chi connectivity index (χ3v) is 5.31. The zero-order valence-corrected chi connectivity index (χ0v) is 16.3. The zero-order chi connectivity index (χ0) is 19.5. The Morgan fingerprint density at radius 3 is 2.64 bits per heavy atom. The maximum Gasteiger partial charge on any atom is 0.279 e. The first-order chi connectivity index (χ1) is 13.7. The van der Waals surface area contributed by atoms with E-state index in [9.17, 15) is 4.79 Å². The molecule has 2 heterocycles. The molecule has 0 radical (unpaired) electrons. The Morgan fingerprint density at radius 1 is 1.25 bits per heavy atom. The van der Waals surface area contributed by atoms with E-state index in [1.807, 2.05) is 23.6 Å². The monoisotopic (exact) mass is 396 g/mol. The van der Waals surface area contributed by atoms with Crippen LogP contribution >= 0.6 is 11.3 Å². The van der Waals surface area contributed by atoms with E-state index < -0.39 is 0 Å². The van der Waals surface area contributed by atoms with Gasteiger partial charge in [0.2, 0.25) is 0 Å². The molecule has 2 aromatic carbocycles. The Balaban J connectivity index is 1.76. The van der Waals surface area contributed by atoms with Crippen LogP contribution in [0.3, 0.4) is 0 Å². The van der Waals surface area contributed by atoms with Gasteiger partial charge in [0.05, 0.1) is 16.8 Å². The van der Waals surface area contributed by atoms with E-state index in [4.69, 9.17) is 14.2 Å². The molecule has 3 aromatic rings. The van der Waals surface area contributed by atoms with E-state index >= 15 is 0 Å². The average molecular weight is 396 g/mol. The van der Waals surface area contributed by atoms with E-state index in [0.29, 0.717) is 42.5 Å². The lowest BCUT2D eigenvalue weighted by Gasteiger charge is -2.18. The first kappa shape index (κ1) is 18.3. The molecule has 0 saturated carbocycles. The summed E-state index contributed by atoms with van der Waals surface area (Å²) in [5, 5.41) is 0. The van der Waals surface area contributed by atoms with Crippen molar-refractivity contribution in [3.8, 4) is 17.2 Å². The van der Waals surface area contributed by atoms with E-state index in [1.54, 1.807) is 30.3 Å². The number of thiazole rings is 1. The summed E-state index contributed by atoms with van der Waals surface area (Å²) in [4.78, 5) is 17.7. The number of fused-ring (bicyclic) bond motifs is 2. The van der Waals surface area contributed by atoms with Crippen molar-refractivity contribution in [2.24, 2.45) is 4.99 Å². The highest BCUT2D eigenvalue weighted by Gasteiger charge is 2.16. The molecule has 0 spiro atoms. The van der Waals surface area contributed by atoms with Crippen LogP contribution in [-0.4, -0.2) is 30.3 Å². The molecular formula is C21H20N2O4S. The molecule has 6 nitrogen and oxygen atoms in total. The van der Waals surface area contributed by atoms with Crippen molar-refractivity contribution in [1.29, 1.82) is 0 Å². The first-order valence-corrected chi connectivity index (χ1v) is 9.87. The Labute approximate surface area is 166 Å². The van der Waals surface area contributed by atoms with Gasteiger partial charge >= 0.3 is 0 Å². The smallest absolute Gasteiger partial charge is 0.279 e. The Hall–Kier alpha value is -3.06. The Bertz CT molecular complexity index is 1100. The number of carbonyl (C=O) groups excluding carboxylic acids is 1. The molecule has 0 saturated heterocycles. The van der Waals surface area contributed by atoms with Gasteiger partial charge in [0.1, 0.15) is 19.0 Å². The van der Waals surface area contributed by atoms with Gasteiger partial charge in [-0.3, -0.25) is 4.79 Å². The number of benzene rings is 2. The second kappa shape index (κ2) is 7.90. The van der Waals surface area contributed by atoms with E-state index in [2.05, 4.69) is 11.6 Å². The van der Waals surface area contributed by atoms with Crippen LogP contribution in [-0.2, 0) is 6.54 Å². The molecule has 4 rings (SSSR count). The quantitative estimate of drug-likeness (QED) is 0.616. The zero-order valence-electron chi connectivity index (χ0n) is 15.5. The molecule has 1 amide bonds. The van der Waals surface area contributed by atoms with Crippen molar-refractivity contribution in [2.75, 3.05) is 19.8 Å². The SMILES string of the molecule is C=CCn1c(=NC(=O)c2ccc(OCC)cc2)sc2cc3c(cc21)OCCO3. The fourth-order valence-corrected chi connectivity index (χ4v) is 4.06. The van der Waals surface area contributed by atoms with Gasteiger partial charge in [0.25, 0.3) is 5.91 Å². The molecule has 0 N–H and O–H groups in total. The van der Waals surface area contributed by atoms with Gasteiger partial charge in [0.15, 0.2) is 16.3 Å². The van der Waals surface area contributed by atoms with E-state index in [1.165, 1.54) is 11.3 Å². The van der Waals surface area contributed by atoms with Gasteiger partial charge < -0.3 is 18.8 Å². The average Bonchev–Trinajstić information content (AvgIpc) is 3.03. The molecule has 0 unspecified atom stereocenters. The number of hydrogen-bond acceptors (Lipinski definition) is 5. The molecule has 0 bridgehead atoms. The Morgan fingerprint density at radius 2 is 1.96 bits per heavy atom. The molecule has 0 aliphatic carbocycles. The molecule has 1 aliphatic heterocycles. The van der Waals surface area contributed by atoms with Crippen molar-refractivity contribution < 1.29 is 19.0 Å². The number of nitrogens with zero attached hydrogens (tertiary/aromatic N) is 2. The largest absolute Gasteiger partial charge is 0.494 e. The summed E-state index contributed by atoms with van der Waals surface area (Å²) in [6.45, 7) is 7.92. The van der Waals surface area contributed by atoms with Gasteiger partial charge in [-0.2, -0.15) is 4.99 Å². The second-order valence-corrected chi connectivity index (χ2v) is 7.13. The van der Waals surface area contributed by atoms with Gasteiger partial charge in [-0.15, -0.1) is 6.58 Å². The fourth-order valence-electron chi connectivity index (χ4n) is 3.01. The number of ether oxygens (including phenoxy) is 3. The number of hydrogen-bond donors (Lipinski definition) is 0. The summed E-state index contributed by atoms with van der Waals surface area (Å²) in [5.41, 5.74) is 1.45. The fraction of sp³-hybridized carbons (Fsp3) is 0.238. The number of amides is 1. The van der Waals surface area contributed by atoms with Gasteiger partial charge in [-0.05, 0) is 31.2 Å². The van der Waals surface area contributed by atoms with Crippen LogP contribution in [0, 0.1) is 0 Å². The van der Waals surface area contributed by atoms with Gasteiger partial charge in [-0.25, -0.2) is 0 Å². The lowest BCUT2D eigenvalue weighted by atomic mass is 10.2. The highest BCUT2D eigenvalue weighted by molar-refractivity contribution is 7.16. The number of carbonyl (C=O) groups is 1. The molecule has 28 heavy (non-hydrogen) atoms. The summed E-state index contributed by atoms with van der Waals surface area (Å²) in [5.74, 6) is 1.85. The second-order valence-electron chi connectivity index (χ2n) is 6.12. The van der Waals surface area contributed by atoms with Crippen molar-refractivity contribution in [2.45, 2.75) is 13.5 Å². The van der Waals surface area contributed by atoms with Crippen LogP contribution in [0.15, 0.2) is 54.0 Å². The topological polar surface area (TPSA) is 62.1 Å². The summed E-state index contributed by atoms with van der Waals surface area (Å²) < 4.78 is 19.7. The van der Waals surface area contributed by atoms with Crippen molar-refractivity contribution in [3.05, 3.63) is 59.4 Å². The van der Waals surface area contributed by atoms with Gasteiger partial charge in [0, 0.05) is 24.2 Å². The third-order valence-electron chi connectivity index (χ3n) is 4.27. The molecular weight excluding hydrogens is 376 g/mol. The maximum absolute atomic E-state index is 12.7. The van der Waals surface area contributed by atoms with Crippen LogP contribution < -0.4 is 19.0 Å². The number of allylic oxidation sites excluding steroid dienone is 1. The van der Waals surface area contributed by atoms with Crippen LogP contribution in [0.1, 0.15) is 17.3 Å². The molecule has 1 aromatic heterocycles. The molecule has 1 aliphatic rings. The summed E-state index contributed by atoms with van der Waals surface area (Å²) in [7, 11) is 0. The lowest BCUT2D eigenvalue weighted by molar-refractivity contribution is 0.0998. The highest BCUT2D eigenvalue weighted by atomic mass is 32.1. The standard InChI is InChI=1S/C21H20N2O4S/c1-3-9-23-16-12-17-18(27-11-10-26-17)13-19(16)28-21(23)22-20(24)14-5-7-15(8-6-14)25-4-2/h3,5-8,12-13H,1,4,9-11H2,2H3. The van der Waals surface area contributed by atoms with Crippen LogP contribution in [0.25, 0.3) is 10.2 Å². The Kier molecular flexibility index (Phi) is 5.16. The molecule has 7 heteroatoms. The van der Waals surface area contributed by atoms with Gasteiger partial charge in [-0.1, -0.05) is 17.4 Å². The minimum Gasteiger partial charge on any atom is -0.494 e. The highest BCUT2D eigenvalue weighted by Crippen LogP contribution is 2.35. The molecule has 0 atom stereocenters. The summed E-state index contributed by atoms with van der Waals surface area (Å²) in [6.07, 6.45) is 1.78. The lowest BCUT2D eigenvalue weighted by Crippen LogP contribution is -2.17. The van der Waals surface area contributed by atoms with E-state index in [0.717, 1.165) is 21.7 Å². The summed E-state index contributed by atoms with van der Waals surface area (Å²) in [6, 6.07) is 10.9. The van der Waals surface area contributed by atoms with Crippen molar-refractivity contribution in [1.82, 2.24) is 4.57 Å². The normalized spacial score (nSPS) is 13.5. The number of aromatic nitrogens is 1. The van der Waals surface area contributed by atoms with Crippen LogP contribution in [0.4, 0.5) is 0 Å². The number of rotatable bonds is 5. The third kappa shape index (κ3) is 3.53. The summed E-state index contributed by atoms with van der Waals surface area (Å²) >= 11 is 1.44.